The fourth-order valence-corrected chi connectivity index (χ4v) is 11.0. The lowest BCUT2D eigenvalue weighted by molar-refractivity contribution is -0.256. The van der Waals surface area contributed by atoms with Gasteiger partial charge in [0.15, 0.2) is 11.5 Å². The van der Waals surface area contributed by atoms with Crippen LogP contribution in [0.3, 0.4) is 0 Å². The van der Waals surface area contributed by atoms with Crippen LogP contribution in [0.2, 0.25) is 0 Å². The fourth-order valence-electron chi connectivity index (χ4n) is 11.0. The van der Waals surface area contributed by atoms with Crippen LogP contribution >= 0.6 is 0 Å². The maximum Gasteiger partial charge on any atom is 0.410 e. The first-order valence-corrected chi connectivity index (χ1v) is 25.5. The second-order valence-corrected chi connectivity index (χ2v) is 19.0. The van der Waals surface area contributed by atoms with E-state index in [1.807, 2.05) is 66.7 Å². The molecule has 0 bridgehead atoms. The largest absolute Gasteiger partial charge is 0.489 e. The van der Waals surface area contributed by atoms with Gasteiger partial charge in [-0.2, -0.15) is 0 Å². The minimum absolute atomic E-state index is 0.00389. The molecule has 14 nitrogen and oxygen atoms in total. The van der Waals surface area contributed by atoms with Gasteiger partial charge >= 0.3 is 6.09 Å². The Morgan fingerprint density at radius 1 is 0.875 bits per heavy atom. The number of unbranched alkanes of at least 4 members (excludes halogenated alkanes) is 2. The molecular formula is C57H67FN2O12. The Morgan fingerprint density at radius 2 is 1.68 bits per heavy atom. The summed E-state index contributed by atoms with van der Waals surface area (Å²) in [6.07, 6.45) is 9.76. The summed E-state index contributed by atoms with van der Waals surface area (Å²) in [5.41, 5.74) is 4.54. The number of rotatable bonds is 24. The molecule has 2 N–H and O–H groups in total. The number of hydrogen-bond acceptors (Lipinski definition) is 13. The molecule has 0 spiro atoms. The van der Waals surface area contributed by atoms with Crippen LogP contribution in [0.15, 0.2) is 120 Å². The van der Waals surface area contributed by atoms with Gasteiger partial charge in [0.2, 0.25) is 18.9 Å². The second-order valence-electron chi connectivity index (χ2n) is 19.0. The van der Waals surface area contributed by atoms with E-state index in [0.717, 1.165) is 60.8 Å². The minimum atomic E-state index is -1.57. The average molecular weight is 991 g/mol. The van der Waals surface area contributed by atoms with E-state index < -0.39 is 30.1 Å². The Morgan fingerprint density at radius 3 is 2.49 bits per heavy atom. The van der Waals surface area contributed by atoms with E-state index in [0.29, 0.717) is 66.7 Å². The predicted molar refractivity (Wildman–Crippen MR) is 266 cm³/mol. The summed E-state index contributed by atoms with van der Waals surface area (Å²) in [5, 5.41) is 25.1. The number of oxime groups is 1. The molecule has 9 rings (SSSR count). The smallest absolute Gasteiger partial charge is 0.410 e. The van der Waals surface area contributed by atoms with Gasteiger partial charge in [0.1, 0.15) is 36.6 Å². The molecule has 4 aromatic rings. The molecule has 7 atom stereocenters. The van der Waals surface area contributed by atoms with Crippen LogP contribution in [-0.4, -0.2) is 91.5 Å². The number of nitrogens with zero attached hydrogens (tertiary/aromatic N) is 2. The molecule has 15 heteroatoms. The third kappa shape index (κ3) is 11.8. The number of fused-ring (bicyclic) bond motifs is 3. The highest BCUT2D eigenvalue weighted by atomic mass is 19.1. The summed E-state index contributed by atoms with van der Waals surface area (Å²) in [6, 6.07) is 26.7. The van der Waals surface area contributed by atoms with Crippen LogP contribution in [0.25, 0.3) is 0 Å². The SMILES string of the molecule is C=CCO[C@@]12Oc3ccc(OCc4ccccc4F)cc3[C@H]3[C@H](CCCCO)[C@@H](CCCCO)C=C(C(=NOC4CCCCO4)C[C@@H]1N(Cc1ccc4c(c1)OCO4)C(=O)OCCOCc1ccccc1)[C@H]32. The molecule has 5 aliphatic rings. The van der Waals surface area contributed by atoms with Gasteiger partial charge in [-0.05, 0) is 103 Å². The summed E-state index contributed by atoms with van der Waals surface area (Å²) in [7, 11) is 0. The number of benzene rings is 4. The second kappa shape index (κ2) is 24.6. The number of amides is 1. The zero-order valence-corrected chi connectivity index (χ0v) is 40.9. The van der Waals surface area contributed by atoms with Gasteiger partial charge in [-0.1, -0.05) is 84.7 Å². The van der Waals surface area contributed by atoms with Crippen molar-refractivity contribution in [1.82, 2.24) is 4.90 Å². The van der Waals surface area contributed by atoms with E-state index >= 15 is 4.79 Å². The van der Waals surface area contributed by atoms with Crippen LogP contribution in [0.1, 0.15) is 92.4 Å². The van der Waals surface area contributed by atoms with Crippen molar-refractivity contribution in [1.29, 1.82) is 0 Å². The number of hydrogen-bond donors (Lipinski definition) is 2. The Labute approximate surface area is 421 Å². The maximum absolute atomic E-state index is 15.2. The molecule has 2 fully saturated rings. The van der Waals surface area contributed by atoms with Crippen LogP contribution in [0, 0.1) is 23.6 Å². The van der Waals surface area contributed by atoms with E-state index in [4.69, 9.17) is 47.9 Å². The summed E-state index contributed by atoms with van der Waals surface area (Å²) in [4.78, 5) is 23.2. The van der Waals surface area contributed by atoms with Crippen molar-refractivity contribution in [2.75, 3.05) is 46.4 Å². The van der Waals surface area contributed by atoms with Crippen molar-refractivity contribution in [3.05, 3.63) is 143 Å². The monoisotopic (exact) mass is 990 g/mol. The van der Waals surface area contributed by atoms with Crippen molar-refractivity contribution in [3.63, 3.8) is 0 Å². The Kier molecular flexibility index (Phi) is 17.4. The average Bonchev–Trinajstić information content (AvgIpc) is 3.88. The van der Waals surface area contributed by atoms with Gasteiger partial charge in [0.05, 0.1) is 38.1 Å². The standard InChI is InChI=1S/C57H67FN2O12/c1-2-27-70-57-52(60(35-40-21-23-50-51(31-40)69-38-68-50)56(63)66-30-29-64-36-39-14-4-3-5-15-39)34-48(59-72-53-20-10-13-28-65-53)45-32-41(16-8-11-25-61)44(18-9-12-26-62)54(55(45)57)46-33-43(22-24-49(46)71-57)67-37-42-17-6-7-19-47(42)58/h2-7,14-15,17,19,21-24,31-33,41,44,52-55,61-62H,1,8-13,16,18,20,25-30,34-38H2/t41-,44+,52-,53?,54+,55+,57+/m0/s1. The molecule has 72 heavy (non-hydrogen) atoms. The maximum atomic E-state index is 15.2. The van der Waals surface area contributed by atoms with E-state index in [9.17, 15) is 14.6 Å². The van der Waals surface area contributed by atoms with Crippen molar-refractivity contribution >= 4 is 11.8 Å². The van der Waals surface area contributed by atoms with Crippen molar-refractivity contribution in [2.45, 2.75) is 108 Å². The highest BCUT2D eigenvalue weighted by Gasteiger charge is 2.66. The van der Waals surface area contributed by atoms with E-state index in [2.05, 4.69) is 12.7 Å². The van der Waals surface area contributed by atoms with E-state index in [-0.39, 0.29) is 83.0 Å². The van der Waals surface area contributed by atoms with Gasteiger partial charge in [-0.3, -0.25) is 4.90 Å². The molecule has 1 saturated heterocycles. The molecule has 2 aliphatic carbocycles. The summed E-state index contributed by atoms with van der Waals surface area (Å²) >= 11 is 0. The van der Waals surface area contributed by atoms with E-state index in [1.165, 1.54) is 6.07 Å². The first-order chi connectivity index (χ1) is 35.4. The predicted octanol–water partition coefficient (Wildman–Crippen LogP) is 10.1. The molecule has 0 aromatic heterocycles. The zero-order chi connectivity index (χ0) is 49.7. The number of allylic oxidation sites excluding steroid dienone is 1. The van der Waals surface area contributed by atoms with Crippen LogP contribution in [0.4, 0.5) is 9.18 Å². The van der Waals surface area contributed by atoms with Crippen LogP contribution in [0.5, 0.6) is 23.0 Å². The number of halogens is 1. The van der Waals surface area contributed by atoms with Gasteiger partial charge in [0, 0.05) is 49.6 Å². The highest BCUT2D eigenvalue weighted by Crippen LogP contribution is 2.62. The molecule has 3 heterocycles. The lowest BCUT2D eigenvalue weighted by atomic mass is 9.55. The molecule has 1 saturated carbocycles. The fraction of sp³-hybridized carbons (Fsp3) is 0.474. The Bertz CT molecular complexity index is 2500. The normalized spacial score (nSPS) is 24.3. The van der Waals surface area contributed by atoms with Crippen LogP contribution in [-0.2, 0) is 43.5 Å². The molecular weight excluding hydrogens is 924 g/mol. The molecule has 3 aliphatic heterocycles. The topological polar surface area (TPSA) is 156 Å². The molecule has 384 valence electrons. The van der Waals surface area contributed by atoms with Gasteiger partial charge in [-0.15, -0.1) is 6.58 Å². The quantitative estimate of drug-likeness (QED) is 0.0390. The lowest BCUT2D eigenvalue weighted by Crippen LogP contribution is -2.70. The highest BCUT2D eigenvalue weighted by molar-refractivity contribution is 6.03. The first kappa shape index (κ1) is 51.0. The number of aliphatic hydroxyl groups is 2. The zero-order valence-electron chi connectivity index (χ0n) is 40.9. The lowest BCUT2D eigenvalue weighted by Gasteiger charge is -2.60. The van der Waals surface area contributed by atoms with Crippen molar-refractivity contribution < 1.29 is 62.1 Å². The Balaban J connectivity index is 1.18. The number of aliphatic hydroxyl groups excluding tert-OH is 2. The third-order valence-corrected chi connectivity index (χ3v) is 14.4. The Hall–Kier alpha value is -5.97. The molecule has 1 unspecified atom stereocenters. The molecule has 1 amide bonds. The number of carbonyl (C=O) groups excluding carboxylic acids is 1. The molecule has 4 aromatic carbocycles. The third-order valence-electron chi connectivity index (χ3n) is 14.4. The summed E-state index contributed by atoms with van der Waals surface area (Å²) in [5.74, 6) is -0.666. The number of ether oxygens (including phenoxy) is 8. The minimum Gasteiger partial charge on any atom is -0.489 e. The van der Waals surface area contributed by atoms with Crippen LogP contribution < -0.4 is 18.9 Å². The van der Waals surface area contributed by atoms with Gasteiger partial charge in [-0.25, -0.2) is 9.18 Å². The summed E-state index contributed by atoms with van der Waals surface area (Å²) in [6.45, 7) is 5.45. The van der Waals surface area contributed by atoms with E-state index in [1.54, 1.807) is 29.2 Å². The first-order valence-electron chi connectivity index (χ1n) is 25.5. The van der Waals surface area contributed by atoms with Crippen molar-refractivity contribution in [3.8, 4) is 23.0 Å². The summed E-state index contributed by atoms with van der Waals surface area (Å²) < 4.78 is 65.6. The van der Waals surface area contributed by atoms with Gasteiger partial charge < -0.3 is 52.9 Å². The van der Waals surface area contributed by atoms with Gasteiger partial charge in [0.25, 0.3) is 0 Å². The molecule has 0 radical (unpaired) electrons. The van der Waals surface area contributed by atoms with Crippen molar-refractivity contribution in [2.24, 2.45) is 22.9 Å². The number of carbonyl (C=O) groups is 1.